The predicted octanol–water partition coefficient (Wildman–Crippen LogP) is 3.32. The lowest BCUT2D eigenvalue weighted by Gasteiger charge is -2.45. The number of hydrogen-bond acceptors (Lipinski definition) is 6. The standard InChI is InChI=1S/C22H26N6O3/c1-13(2)9-17-20(29)27(14(3)4)18-11-23-22(26-12-15(10-24-26)21(30)31)25-19(18)28(17)16-7-5-6-8-16/h10-12,16-17H,1,3,5-9H2,2,4H3,(H,30,31)/t17-/m1/s1. The summed E-state index contributed by atoms with van der Waals surface area (Å²) in [6, 6.07) is -0.242. The van der Waals surface area contributed by atoms with Crippen LogP contribution < -0.4 is 9.80 Å². The van der Waals surface area contributed by atoms with Crippen LogP contribution in [0.25, 0.3) is 5.95 Å². The van der Waals surface area contributed by atoms with Crippen molar-refractivity contribution in [2.45, 2.75) is 58.0 Å². The predicted molar refractivity (Wildman–Crippen MR) is 116 cm³/mol. The lowest BCUT2D eigenvalue weighted by Crippen LogP contribution is -2.56. The summed E-state index contributed by atoms with van der Waals surface area (Å²) in [5.41, 5.74) is 2.14. The number of hydrogen-bond donors (Lipinski definition) is 1. The summed E-state index contributed by atoms with van der Waals surface area (Å²) in [4.78, 5) is 37.6. The van der Waals surface area contributed by atoms with Gasteiger partial charge in [0, 0.05) is 17.9 Å². The Kier molecular flexibility index (Phi) is 5.34. The molecule has 2 aliphatic rings. The zero-order valence-electron chi connectivity index (χ0n) is 17.8. The second-order valence-electron chi connectivity index (χ2n) is 8.29. The SMILES string of the molecule is C=C(C)C[C@@H]1C(=O)N(C(=C)C)c2cnc(-n3cc(C(=O)O)cn3)nc2N1C1CCCC1. The van der Waals surface area contributed by atoms with Crippen molar-refractivity contribution in [3.8, 4) is 5.95 Å². The van der Waals surface area contributed by atoms with Gasteiger partial charge in [-0.15, -0.1) is 6.58 Å². The molecule has 0 spiro atoms. The van der Waals surface area contributed by atoms with Gasteiger partial charge in [-0.05, 0) is 33.1 Å². The number of carboxylic acids is 1. The lowest BCUT2D eigenvalue weighted by molar-refractivity contribution is -0.119. The summed E-state index contributed by atoms with van der Waals surface area (Å²) >= 11 is 0. The summed E-state index contributed by atoms with van der Waals surface area (Å²) in [7, 11) is 0. The highest BCUT2D eigenvalue weighted by atomic mass is 16.4. The van der Waals surface area contributed by atoms with Crippen LogP contribution in [0.15, 0.2) is 43.0 Å². The molecule has 1 saturated carbocycles. The number of carboxylic acid groups (broad SMARTS) is 1. The van der Waals surface area contributed by atoms with Crippen molar-refractivity contribution in [3.05, 3.63) is 48.6 Å². The van der Waals surface area contributed by atoms with E-state index in [0.29, 0.717) is 23.6 Å². The van der Waals surface area contributed by atoms with Gasteiger partial charge in [0.1, 0.15) is 11.7 Å². The highest BCUT2D eigenvalue weighted by molar-refractivity contribution is 6.07. The van der Waals surface area contributed by atoms with Gasteiger partial charge in [0.2, 0.25) is 0 Å². The minimum absolute atomic E-state index is 0.0490. The van der Waals surface area contributed by atoms with Gasteiger partial charge in [-0.25, -0.2) is 14.5 Å². The van der Waals surface area contributed by atoms with E-state index in [4.69, 9.17) is 4.98 Å². The molecule has 1 fully saturated rings. The van der Waals surface area contributed by atoms with E-state index in [1.165, 1.54) is 17.1 Å². The first-order chi connectivity index (χ1) is 14.8. The molecular weight excluding hydrogens is 396 g/mol. The molecule has 0 saturated heterocycles. The maximum absolute atomic E-state index is 13.5. The molecule has 3 heterocycles. The Labute approximate surface area is 180 Å². The van der Waals surface area contributed by atoms with Crippen LogP contribution >= 0.6 is 0 Å². The van der Waals surface area contributed by atoms with Crippen molar-refractivity contribution in [2.24, 2.45) is 0 Å². The molecule has 1 aliphatic carbocycles. The Balaban J connectivity index is 1.87. The molecule has 0 aromatic carbocycles. The lowest BCUT2D eigenvalue weighted by atomic mass is 9.99. The molecule has 1 N–H and O–H groups in total. The zero-order chi connectivity index (χ0) is 22.3. The average Bonchev–Trinajstić information content (AvgIpc) is 3.40. The van der Waals surface area contributed by atoms with Crippen LogP contribution in [0.3, 0.4) is 0 Å². The summed E-state index contributed by atoms with van der Waals surface area (Å²) < 4.78 is 1.34. The molecule has 162 valence electrons. The summed E-state index contributed by atoms with van der Waals surface area (Å²) in [5.74, 6) is -0.242. The molecule has 4 rings (SSSR count). The second-order valence-corrected chi connectivity index (χ2v) is 8.29. The van der Waals surface area contributed by atoms with Crippen molar-refractivity contribution < 1.29 is 14.7 Å². The van der Waals surface area contributed by atoms with Crippen LogP contribution in [0.2, 0.25) is 0 Å². The van der Waals surface area contributed by atoms with Gasteiger partial charge in [-0.2, -0.15) is 10.1 Å². The monoisotopic (exact) mass is 422 g/mol. The van der Waals surface area contributed by atoms with Crippen molar-refractivity contribution >= 4 is 23.4 Å². The van der Waals surface area contributed by atoms with E-state index in [1.807, 2.05) is 6.92 Å². The Hall–Kier alpha value is -3.49. The first-order valence-electron chi connectivity index (χ1n) is 10.4. The van der Waals surface area contributed by atoms with Crippen molar-refractivity contribution in [3.63, 3.8) is 0 Å². The highest BCUT2D eigenvalue weighted by Gasteiger charge is 2.43. The third kappa shape index (κ3) is 3.71. The van der Waals surface area contributed by atoms with Crippen LogP contribution in [0.5, 0.6) is 0 Å². The van der Waals surface area contributed by atoms with E-state index >= 15 is 0 Å². The summed E-state index contributed by atoms with van der Waals surface area (Å²) in [5, 5.41) is 13.3. The first kappa shape index (κ1) is 20.8. The third-order valence-electron chi connectivity index (χ3n) is 5.74. The van der Waals surface area contributed by atoms with Crippen molar-refractivity contribution in [2.75, 3.05) is 9.80 Å². The Morgan fingerprint density at radius 3 is 2.52 bits per heavy atom. The zero-order valence-corrected chi connectivity index (χ0v) is 17.8. The maximum Gasteiger partial charge on any atom is 0.338 e. The van der Waals surface area contributed by atoms with Crippen LogP contribution in [0.1, 0.15) is 56.3 Å². The van der Waals surface area contributed by atoms with E-state index in [1.54, 1.807) is 18.0 Å². The molecule has 1 atom stereocenters. The second kappa shape index (κ2) is 7.98. The van der Waals surface area contributed by atoms with Crippen LogP contribution in [-0.4, -0.2) is 48.8 Å². The minimum atomic E-state index is -1.07. The Bertz CT molecular complexity index is 1070. The van der Waals surface area contributed by atoms with Gasteiger partial charge in [0.05, 0.1) is 18.0 Å². The topological polar surface area (TPSA) is 104 Å². The van der Waals surface area contributed by atoms with E-state index in [2.05, 4.69) is 28.1 Å². The highest BCUT2D eigenvalue weighted by Crippen LogP contribution is 2.41. The van der Waals surface area contributed by atoms with Gasteiger partial charge >= 0.3 is 5.97 Å². The van der Waals surface area contributed by atoms with Gasteiger partial charge in [-0.1, -0.05) is 25.0 Å². The first-order valence-corrected chi connectivity index (χ1v) is 10.4. The van der Waals surface area contributed by atoms with E-state index in [0.717, 1.165) is 31.3 Å². The van der Waals surface area contributed by atoms with E-state index < -0.39 is 12.0 Å². The molecule has 0 unspecified atom stereocenters. The summed E-state index contributed by atoms with van der Waals surface area (Å²) in [6.45, 7) is 11.7. The molecule has 0 radical (unpaired) electrons. The number of allylic oxidation sites excluding steroid dienone is 1. The molecule has 9 nitrogen and oxygen atoms in total. The molecule has 1 amide bonds. The number of carbonyl (C=O) groups is 2. The maximum atomic E-state index is 13.5. The average molecular weight is 422 g/mol. The Morgan fingerprint density at radius 1 is 1.23 bits per heavy atom. The van der Waals surface area contributed by atoms with Gasteiger partial charge in [0.15, 0.2) is 5.82 Å². The van der Waals surface area contributed by atoms with Crippen LogP contribution in [-0.2, 0) is 4.79 Å². The number of amides is 1. The number of rotatable bonds is 6. The van der Waals surface area contributed by atoms with Crippen LogP contribution in [0, 0.1) is 0 Å². The fourth-order valence-corrected chi connectivity index (χ4v) is 4.41. The number of aromatic carboxylic acids is 1. The fraction of sp³-hybridized carbons (Fsp3) is 0.409. The number of carbonyl (C=O) groups excluding carboxylic acids is 1. The number of nitrogens with zero attached hydrogens (tertiary/aromatic N) is 6. The third-order valence-corrected chi connectivity index (χ3v) is 5.74. The molecule has 9 heteroatoms. The smallest absolute Gasteiger partial charge is 0.338 e. The number of aromatic nitrogens is 4. The van der Waals surface area contributed by atoms with Crippen molar-refractivity contribution in [1.82, 2.24) is 19.7 Å². The van der Waals surface area contributed by atoms with Gasteiger partial charge in [-0.3, -0.25) is 9.69 Å². The Morgan fingerprint density at radius 2 is 1.94 bits per heavy atom. The minimum Gasteiger partial charge on any atom is -0.478 e. The van der Waals surface area contributed by atoms with Gasteiger partial charge < -0.3 is 10.0 Å². The number of fused-ring (bicyclic) bond motifs is 1. The fourth-order valence-electron chi connectivity index (χ4n) is 4.41. The largest absolute Gasteiger partial charge is 0.478 e. The van der Waals surface area contributed by atoms with E-state index in [-0.39, 0.29) is 23.5 Å². The summed E-state index contributed by atoms with van der Waals surface area (Å²) in [6.07, 6.45) is 8.91. The molecule has 2 aromatic rings. The van der Waals surface area contributed by atoms with Crippen LogP contribution in [0.4, 0.5) is 11.5 Å². The molecule has 0 bridgehead atoms. The van der Waals surface area contributed by atoms with E-state index in [9.17, 15) is 14.7 Å². The van der Waals surface area contributed by atoms with Crippen molar-refractivity contribution in [1.29, 1.82) is 0 Å². The quantitative estimate of drug-likeness (QED) is 0.712. The normalized spacial score (nSPS) is 18.9. The molecule has 1 aliphatic heterocycles. The van der Waals surface area contributed by atoms with Gasteiger partial charge in [0.25, 0.3) is 11.9 Å². The molecule has 31 heavy (non-hydrogen) atoms. The molecular formula is C22H26N6O3. The number of anilines is 2. The molecule has 2 aromatic heterocycles.